The molecule has 0 saturated carbocycles. The van der Waals surface area contributed by atoms with Gasteiger partial charge in [-0.15, -0.1) is 0 Å². The van der Waals surface area contributed by atoms with Gasteiger partial charge in [0.15, 0.2) is 0 Å². The largest absolute Gasteiger partial charge is 0.351 e. The van der Waals surface area contributed by atoms with E-state index in [0.29, 0.717) is 13.0 Å². The van der Waals surface area contributed by atoms with Crippen LogP contribution in [0.4, 0.5) is 0 Å². The highest BCUT2D eigenvalue weighted by molar-refractivity contribution is 5.80. The molecule has 0 heterocycles. The van der Waals surface area contributed by atoms with Crippen molar-refractivity contribution in [1.82, 2.24) is 5.32 Å². The van der Waals surface area contributed by atoms with Gasteiger partial charge >= 0.3 is 0 Å². The molecule has 1 amide bonds. The van der Waals surface area contributed by atoms with Crippen LogP contribution in [0.15, 0.2) is 30.3 Å². The summed E-state index contributed by atoms with van der Waals surface area (Å²) in [5.41, 5.74) is 1.04. The summed E-state index contributed by atoms with van der Waals surface area (Å²) in [6.07, 6.45) is 0.553. The fourth-order valence-electron chi connectivity index (χ4n) is 1.24. The molecule has 1 aromatic rings. The van der Waals surface area contributed by atoms with Gasteiger partial charge in [0.1, 0.15) is 5.92 Å². The van der Waals surface area contributed by atoms with Crippen molar-refractivity contribution in [2.45, 2.75) is 19.9 Å². The second-order valence-corrected chi connectivity index (χ2v) is 3.29. The fourth-order valence-corrected chi connectivity index (χ4v) is 1.24. The summed E-state index contributed by atoms with van der Waals surface area (Å²) in [6, 6.07) is 11.6. The highest BCUT2D eigenvalue weighted by atomic mass is 16.1. The maximum atomic E-state index is 11.4. The molecule has 0 saturated heterocycles. The molecule has 1 N–H and O–H groups in total. The molecule has 1 aromatic carbocycles. The van der Waals surface area contributed by atoms with Gasteiger partial charge in [-0.1, -0.05) is 37.3 Å². The summed E-state index contributed by atoms with van der Waals surface area (Å²) in [6.45, 7) is 2.31. The first-order chi connectivity index (χ1) is 7.27. The van der Waals surface area contributed by atoms with Gasteiger partial charge in [0.2, 0.25) is 5.91 Å². The molecule has 0 fully saturated rings. The second kappa shape index (κ2) is 5.82. The van der Waals surface area contributed by atoms with Crippen molar-refractivity contribution in [2.75, 3.05) is 0 Å². The smallest absolute Gasteiger partial charge is 0.237 e. The topological polar surface area (TPSA) is 52.9 Å². The minimum Gasteiger partial charge on any atom is -0.351 e. The SMILES string of the molecule is CCC(C#N)C(=O)NCc1ccccc1. The number of hydrogen-bond donors (Lipinski definition) is 1. The zero-order valence-corrected chi connectivity index (χ0v) is 8.73. The number of carbonyl (C=O) groups is 1. The standard InChI is InChI=1S/C12H14N2O/c1-2-11(8-13)12(15)14-9-10-6-4-3-5-7-10/h3-7,11H,2,9H2,1H3,(H,14,15). The van der Waals surface area contributed by atoms with Crippen molar-refractivity contribution >= 4 is 5.91 Å². The first-order valence-corrected chi connectivity index (χ1v) is 4.99. The van der Waals surface area contributed by atoms with Crippen LogP contribution >= 0.6 is 0 Å². The van der Waals surface area contributed by atoms with E-state index in [9.17, 15) is 4.79 Å². The van der Waals surface area contributed by atoms with E-state index in [1.807, 2.05) is 43.3 Å². The molecule has 78 valence electrons. The number of nitrogens with zero attached hydrogens (tertiary/aromatic N) is 1. The lowest BCUT2D eigenvalue weighted by atomic mass is 10.1. The first kappa shape index (κ1) is 11.3. The maximum absolute atomic E-state index is 11.4. The number of hydrogen-bond acceptors (Lipinski definition) is 2. The third-order valence-electron chi connectivity index (χ3n) is 2.19. The maximum Gasteiger partial charge on any atom is 0.237 e. The number of carbonyl (C=O) groups excluding carboxylic acids is 1. The Bertz CT molecular complexity index is 354. The normalized spacial score (nSPS) is 11.5. The van der Waals surface area contributed by atoms with Gasteiger partial charge in [0.05, 0.1) is 6.07 Å². The summed E-state index contributed by atoms with van der Waals surface area (Å²) in [4.78, 5) is 11.4. The quantitative estimate of drug-likeness (QED) is 0.810. The molecule has 1 rings (SSSR count). The lowest BCUT2D eigenvalue weighted by Crippen LogP contribution is -2.29. The predicted octanol–water partition coefficient (Wildman–Crippen LogP) is 1.85. The molecule has 15 heavy (non-hydrogen) atoms. The Kier molecular flexibility index (Phi) is 4.36. The van der Waals surface area contributed by atoms with Crippen LogP contribution < -0.4 is 5.32 Å². The van der Waals surface area contributed by atoms with Crippen LogP contribution in [0, 0.1) is 17.2 Å². The molecule has 3 heteroatoms. The fraction of sp³-hybridized carbons (Fsp3) is 0.333. The van der Waals surface area contributed by atoms with Gasteiger partial charge in [-0.2, -0.15) is 5.26 Å². The Labute approximate surface area is 89.7 Å². The van der Waals surface area contributed by atoms with Gasteiger partial charge in [-0.3, -0.25) is 4.79 Å². The average molecular weight is 202 g/mol. The number of benzene rings is 1. The highest BCUT2D eigenvalue weighted by Crippen LogP contribution is 2.02. The molecule has 0 aliphatic carbocycles. The van der Waals surface area contributed by atoms with E-state index in [-0.39, 0.29) is 5.91 Å². The van der Waals surface area contributed by atoms with E-state index < -0.39 is 5.92 Å². The minimum atomic E-state index is -0.534. The summed E-state index contributed by atoms with van der Waals surface area (Å²) in [5.74, 6) is -0.724. The van der Waals surface area contributed by atoms with Gasteiger partial charge in [0, 0.05) is 6.54 Å². The third kappa shape index (κ3) is 3.43. The molecule has 0 bridgehead atoms. The highest BCUT2D eigenvalue weighted by Gasteiger charge is 2.14. The Morgan fingerprint density at radius 3 is 2.67 bits per heavy atom. The molecule has 0 aliphatic rings. The van der Waals surface area contributed by atoms with Crippen LogP contribution in [0.5, 0.6) is 0 Å². The summed E-state index contributed by atoms with van der Waals surface area (Å²) < 4.78 is 0. The minimum absolute atomic E-state index is 0.191. The van der Waals surface area contributed by atoms with Crippen LogP contribution in [0.3, 0.4) is 0 Å². The number of nitriles is 1. The third-order valence-corrected chi connectivity index (χ3v) is 2.19. The Hall–Kier alpha value is -1.82. The Balaban J connectivity index is 2.45. The lowest BCUT2D eigenvalue weighted by molar-refractivity contribution is -0.123. The van der Waals surface area contributed by atoms with Crippen molar-refractivity contribution in [1.29, 1.82) is 5.26 Å². The molecule has 0 spiro atoms. The van der Waals surface area contributed by atoms with Crippen LogP contribution in [0.1, 0.15) is 18.9 Å². The Morgan fingerprint density at radius 2 is 2.13 bits per heavy atom. The molecular weight excluding hydrogens is 188 g/mol. The second-order valence-electron chi connectivity index (χ2n) is 3.29. The van der Waals surface area contributed by atoms with Crippen LogP contribution in [0.25, 0.3) is 0 Å². The van der Waals surface area contributed by atoms with E-state index in [1.54, 1.807) is 0 Å². The van der Waals surface area contributed by atoms with Gasteiger partial charge < -0.3 is 5.32 Å². The zero-order valence-electron chi connectivity index (χ0n) is 8.73. The van der Waals surface area contributed by atoms with E-state index >= 15 is 0 Å². The van der Waals surface area contributed by atoms with Crippen molar-refractivity contribution in [3.05, 3.63) is 35.9 Å². The number of rotatable bonds is 4. The summed E-state index contributed by atoms with van der Waals surface area (Å²) in [5, 5.41) is 11.4. The molecule has 0 radical (unpaired) electrons. The first-order valence-electron chi connectivity index (χ1n) is 4.99. The molecule has 1 unspecified atom stereocenters. The predicted molar refractivity (Wildman–Crippen MR) is 57.7 cm³/mol. The van der Waals surface area contributed by atoms with Crippen molar-refractivity contribution in [3.63, 3.8) is 0 Å². The molecular formula is C12H14N2O. The van der Waals surface area contributed by atoms with E-state index in [4.69, 9.17) is 5.26 Å². The van der Waals surface area contributed by atoms with Crippen LogP contribution in [-0.4, -0.2) is 5.91 Å². The van der Waals surface area contributed by atoms with Crippen molar-refractivity contribution in [3.8, 4) is 6.07 Å². The van der Waals surface area contributed by atoms with Crippen LogP contribution in [-0.2, 0) is 11.3 Å². The van der Waals surface area contributed by atoms with Crippen molar-refractivity contribution < 1.29 is 4.79 Å². The van der Waals surface area contributed by atoms with E-state index in [0.717, 1.165) is 5.56 Å². The van der Waals surface area contributed by atoms with E-state index in [1.165, 1.54) is 0 Å². The van der Waals surface area contributed by atoms with Gasteiger partial charge in [-0.25, -0.2) is 0 Å². The van der Waals surface area contributed by atoms with Gasteiger partial charge in [0.25, 0.3) is 0 Å². The molecule has 1 atom stereocenters. The molecule has 3 nitrogen and oxygen atoms in total. The van der Waals surface area contributed by atoms with Gasteiger partial charge in [-0.05, 0) is 12.0 Å². The monoisotopic (exact) mass is 202 g/mol. The van der Waals surface area contributed by atoms with Crippen molar-refractivity contribution in [2.24, 2.45) is 5.92 Å². The molecule has 0 aromatic heterocycles. The van der Waals surface area contributed by atoms with Crippen LogP contribution in [0.2, 0.25) is 0 Å². The lowest BCUT2D eigenvalue weighted by Gasteiger charge is -2.07. The molecule has 0 aliphatic heterocycles. The number of nitrogens with one attached hydrogen (secondary N) is 1. The van der Waals surface area contributed by atoms with E-state index in [2.05, 4.69) is 5.32 Å². The summed E-state index contributed by atoms with van der Waals surface area (Å²) >= 11 is 0. The Morgan fingerprint density at radius 1 is 1.47 bits per heavy atom. The number of amides is 1. The summed E-state index contributed by atoms with van der Waals surface area (Å²) in [7, 11) is 0. The average Bonchev–Trinajstić information content (AvgIpc) is 2.29. The zero-order chi connectivity index (χ0) is 11.1.